The van der Waals surface area contributed by atoms with Gasteiger partial charge in [0.1, 0.15) is 0 Å². The van der Waals surface area contributed by atoms with Crippen molar-refractivity contribution in [1.29, 1.82) is 0 Å². The summed E-state index contributed by atoms with van der Waals surface area (Å²) >= 11 is 3.47. The summed E-state index contributed by atoms with van der Waals surface area (Å²) in [5.41, 5.74) is 2.33. The number of halogens is 1. The highest BCUT2D eigenvalue weighted by Crippen LogP contribution is 2.20. The van der Waals surface area contributed by atoms with Crippen LogP contribution in [-0.2, 0) is 0 Å². The first-order valence-corrected chi connectivity index (χ1v) is 5.77. The van der Waals surface area contributed by atoms with E-state index >= 15 is 0 Å². The molecule has 0 N–H and O–H groups in total. The summed E-state index contributed by atoms with van der Waals surface area (Å²) < 4.78 is 3.06. The van der Waals surface area contributed by atoms with Gasteiger partial charge in [0.25, 0.3) is 0 Å². The maximum Gasteiger partial charge on any atom is 0.0660 e. The minimum Gasteiger partial charge on any atom is -0.238 e. The standard InChI is InChI=1S/C12H13BrN2/c1-9(2)12-6-7-14-15(12)11-5-3-4-10(13)8-11/h3-9H,1-2H3. The van der Waals surface area contributed by atoms with Crippen LogP contribution in [0.4, 0.5) is 0 Å². The van der Waals surface area contributed by atoms with E-state index in [4.69, 9.17) is 0 Å². The predicted octanol–water partition coefficient (Wildman–Crippen LogP) is 3.76. The van der Waals surface area contributed by atoms with Gasteiger partial charge in [-0.1, -0.05) is 35.8 Å². The summed E-state index contributed by atoms with van der Waals surface area (Å²) in [6.45, 7) is 4.34. The van der Waals surface area contributed by atoms with Crippen LogP contribution in [0.25, 0.3) is 5.69 Å². The molecule has 0 atom stereocenters. The van der Waals surface area contributed by atoms with Crippen molar-refractivity contribution < 1.29 is 0 Å². The summed E-state index contributed by atoms with van der Waals surface area (Å²) in [5.74, 6) is 0.478. The van der Waals surface area contributed by atoms with Gasteiger partial charge in [0, 0.05) is 16.4 Å². The second-order valence-electron chi connectivity index (χ2n) is 3.80. The van der Waals surface area contributed by atoms with Crippen molar-refractivity contribution in [3.63, 3.8) is 0 Å². The fraction of sp³-hybridized carbons (Fsp3) is 0.250. The molecule has 3 heteroatoms. The molecule has 15 heavy (non-hydrogen) atoms. The van der Waals surface area contributed by atoms with Gasteiger partial charge in [0.05, 0.1) is 5.69 Å². The third-order valence-corrected chi connectivity index (χ3v) is 2.81. The zero-order valence-corrected chi connectivity index (χ0v) is 10.4. The number of hydrogen-bond acceptors (Lipinski definition) is 1. The van der Waals surface area contributed by atoms with Crippen molar-refractivity contribution in [1.82, 2.24) is 9.78 Å². The molecule has 0 aliphatic heterocycles. The van der Waals surface area contributed by atoms with Crippen molar-refractivity contribution in [2.45, 2.75) is 19.8 Å². The quantitative estimate of drug-likeness (QED) is 0.808. The van der Waals surface area contributed by atoms with Crippen LogP contribution in [-0.4, -0.2) is 9.78 Å². The minimum absolute atomic E-state index is 0.478. The lowest BCUT2D eigenvalue weighted by Gasteiger charge is -2.10. The molecular weight excluding hydrogens is 252 g/mol. The monoisotopic (exact) mass is 264 g/mol. The first kappa shape index (κ1) is 10.4. The van der Waals surface area contributed by atoms with Crippen LogP contribution >= 0.6 is 15.9 Å². The molecule has 1 aromatic heterocycles. The lowest BCUT2D eigenvalue weighted by atomic mass is 10.1. The Morgan fingerprint density at radius 2 is 2.07 bits per heavy atom. The van der Waals surface area contributed by atoms with Gasteiger partial charge < -0.3 is 0 Å². The van der Waals surface area contributed by atoms with Crippen LogP contribution in [0.2, 0.25) is 0 Å². The molecule has 0 aliphatic rings. The average molecular weight is 265 g/mol. The van der Waals surface area contributed by atoms with Gasteiger partial charge in [-0.05, 0) is 30.2 Å². The number of hydrogen-bond donors (Lipinski definition) is 0. The molecule has 1 heterocycles. The highest BCUT2D eigenvalue weighted by molar-refractivity contribution is 9.10. The van der Waals surface area contributed by atoms with E-state index in [1.165, 1.54) is 5.69 Å². The van der Waals surface area contributed by atoms with Gasteiger partial charge in [0.2, 0.25) is 0 Å². The van der Waals surface area contributed by atoms with Crippen LogP contribution in [0, 0.1) is 0 Å². The Bertz CT molecular complexity index is 460. The van der Waals surface area contributed by atoms with Crippen LogP contribution in [0.5, 0.6) is 0 Å². The maximum atomic E-state index is 4.34. The fourth-order valence-corrected chi connectivity index (χ4v) is 1.96. The average Bonchev–Trinajstić information content (AvgIpc) is 2.65. The van der Waals surface area contributed by atoms with E-state index in [0.717, 1.165) is 10.2 Å². The second kappa shape index (κ2) is 4.19. The molecule has 1 aromatic carbocycles. The summed E-state index contributed by atoms with van der Waals surface area (Å²) in [5, 5.41) is 4.34. The Morgan fingerprint density at radius 1 is 1.27 bits per heavy atom. The Morgan fingerprint density at radius 3 is 2.73 bits per heavy atom. The Balaban J connectivity index is 2.49. The molecule has 0 amide bonds. The third kappa shape index (κ3) is 2.12. The number of benzene rings is 1. The zero-order valence-electron chi connectivity index (χ0n) is 8.81. The molecule has 0 spiro atoms. The topological polar surface area (TPSA) is 17.8 Å². The van der Waals surface area contributed by atoms with Gasteiger partial charge in [-0.3, -0.25) is 0 Å². The third-order valence-electron chi connectivity index (χ3n) is 2.32. The number of rotatable bonds is 2. The largest absolute Gasteiger partial charge is 0.238 e. The summed E-state index contributed by atoms with van der Waals surface area (Å²) in [7, 11) is 0. The Kier molecular flexibility index (Phi) is 2.91. The zero-order chi connectivity index (χ0) is 10.8. The molecule has 0 saturated carbocycles. The van der Waals surface area contributed by atoms with E-state index in [9.17, 15) is 0 Å². The molecule has 78 valence electrons. The first-order chi connectivity index (χ1) is 7.18. The lowest BCUT2D eigenvalue weighted by molar-refractivity contribution is 0.734. The normalized spacial score (nSPS) is 10.9. The molecule has 2 rings (SSSR count). The SMILES string of the molecule is CC(C)c1ccnn1-c1cccc(Br)c1. The smallest absolute Gasteiger partial charge is 0.0660 e. The van der Waals surface area contributed by atoms with Gasteiger partial charge >= 0.3 is 0 Å². The van der Waals surface area contributed by atoms with Crippen LogP contribution in [0.1, 0.15) is 25.5 Å². The van der Waals surface area contributed by atoms with Crippen LogP contribution < -0.4 is 0 Å². The van der Waals surface area contributed by atoms with Crippen molar-refractivity contribution in [3.05, 3.63) is 46.7 Å². The van der Waals surface area contributed by atoms with Gasteiger partial charge in [-0.15, -0.1) is 0 Å². The van der Waals surface area contributed by atoms with E-state index in [0.29, 0.717) is 5.92 Å². The first-order valence-electron chi connectivity index (χ1n) is 4.98. The van der Waals surface area contributed by atoms with E-state index in [2.05, 4.69) is 53.1 Å². The highest BCUT2D eigenvalue weighted by Gasteiger charge is 2.07. The molecule has 0 aliphatic carbocycles. The second-order valence-corrected chi connectivity index (χ2v) is 4.72. The maximum absolute atomic E-state index is 4.34. The van der Waals surface area contributed by atoms with E-state index in [1.54, 1.807) is 0 Å². The molecule has 0 radical (unpaired) electrons. The Labute approximate surface area is 98.1 Å². The molecule has 0 bridgehead atoms. The molecule has 2 nitrogen and oxygen atoms in total. The highest BCUT2D eigenvalue weighted by atomic mass is 79.9. The van der Waals surface area contributed by atoms with Crippen molar-refractivity contribution in [2.75, 3.05) is 0 Å². The van der Waals surface area contributed by atoms with Crippen LogP contribution in [0.15, 0.2) is 41.0 Å². The van der Waals surface area contributed by atoms with Crippen molar-refractivity contribution in [3.8, 4) is 5.69 Å². The Hall–Kier alpha value is -1.09. The van der Waals surface area contributed by atoms with Gasteiger partial charge in [0.15, 0.2) is 0 Å². The number of aromatic nitrogens is 2. The summed E-state index contributed by atoms with van der Waals surface area (Å²) in [4.78, 5) is 0. The molecular formula is C12H13BrN2. The van der Waals surface area contributed by atoms with Gasteiger partial charge in [-0.2, -0.15) is 5.10 Å². The van der Waals surface area contributed by atoms with Crippen LogP contribution in [0.3, 0.4) is 0 Å². The van der Waals surface area contributed by atoms with E-state index < -0.39 is 0 Å². The summed E-state index contributed by atoms with van der Waals surface area (Å²) in [6, 6.07) is 10.2. The van der Waals surface area contributed by atoms with Gasteiger partial charge in [-0.25, -0.2) is 4.68 Å². The van der Waals surface area contributed by atoms with Crippen molar-refractivity contribution >= 4 is 15.9 Å². The van der Waals surface area contributed by atoms with E-state index in [-0.39, 0.29) is 0 Å². The summed E-state index contributed by atoms with van der Waals surface area (Å²) in [6.07, 6.45) is 1.84. The fourth-order valence-electron chi connectivity index (χ4n) is 1.57. The molecule has 0 fully saturated rings. The molecule has 0 saturated heterocycles. The predicted molar refractivity (Wildman–Crippen MR) is 65.4 cm³/mol. The van der Waals surface area contributed by atoms with E-state index in [1.807, 2.05) is 23.0 Å². The lowest BCUT2D eigenvalue weighted by Crippen LogP contribution is -2.03. The molecule has 2 aromatic rings. The molecule has 0 unspecified atom stereocenters. The number of nitrogens with zero attached hydrogens (tertiary/aromatic N) is 2. The minimum atomic E-state index is 0.478. The van der Waals surface area contributed by atoms with Crippen molar-refractivity contribution in [2.24, 2.45) is 0 Å².